The van der Waals surface area contributed by atoms with Gasteiger partial charge in [0.15, 0.2) is 0 Å². The number of fused-ring (bicyclic) bond motifs is 1. The number of hydrogen-bond donors (Lipinski definition) is 2. The molecule has 18 heavy (non-hydrogen) atoms. The highest BCUT2D eigenvalue weighted by Gasteiger charge is 2.11. The van der Waals surface area contributed by atoms with Crippen molar-refractivity contribution in [1.82, 2.24) is 9.55 Å². The number of nitrogens with two attached hydrogens (primary N) is 2. The number of imidazole rings is 1. The quantitative estimate of drug-likeness (QED) is 0.825. The van der Waals surface area contributed by atoms with E-state index in [9.17, 15) is 4.79 Å². The molecule has 0 saturated heterocycles. The summed E-state index contributed by atoms with van der Waals surface area (Å²) >= 11 is 0. The third kappa shape index (κ3) is 2.11. The monoisotopic (exact) mass is 243 g/mol. The molecule has 0 saturated carbocycles. The minimum atomic E-state index is -0.337. The molecule has 0 bridgehead atoms. The Balaban J connectivity index is 2.36. The molecule has 1 aromatic carbocycles. The Kier molecular flexibility index (Phi) is 3.15. The number of nitriles is 1. The van der Waals surface area contributed by atoms with Gasteiger partial charge in [-0.25, -0.2) is 4.98 Å². The number of anilines is 1. The fourth-order valence-electron chi connectivity index (χ4n) is 1.90. The van der Waals surface area contributed by atoms with Gasteiger partial charge < -0.3 is 16.0 Å². The number of rotatable bonds is 4. The summed E-state index contributed by atoms with van der Waals surface area (Å²) in [6, 6.07) is 7.41. The predicted molar refractivity (Wildman–Crippen MR) is 67.3 cm³/mol. The molecule has 1 aromatic heterocycles. The Labute approximate surface area is 104 Å². The second-order valence-electron chi connectivity index (χ2n) is 3.98. The van der Waals surface area contributed by atoms with E-state index in [0.29, 0.717) is 36.4 Å². The Hall–Kier alpha value is -2.55. The number of nitrogens with zero attached hydrogens (tertiary/aromatic N) is 3. The number of para-hydroxylation sites is 1. The Bertz CT molecular complexity index is 638. The van der Waals surface area contributed by atoms with E-state index in [0.717, 1.165) is 5.52 Å². The number of primary amides is 1. The average Bonchev–Trinajstić information content (AvgIpc) is 2.65. The zero-order chi connectivity index (χ0) is 13.1. The fourth-order valence-corrected chi connectivity index (χ4v) is 1.90. The molecule has 1 amide bonds. The summed E-state index contributed by atoms with van der Waals surface area (Å²) in [6.45, 7) is 0.556. The van der Waals surface area contributed by atoms with Crippen molar-refractivity contribution >= 4 is 22.9 Å². The first-order valence-electron chi connectivity index (χ1n) is 5.56. The normalized spacial score (nSPS) is 10.4. The summed E-state index contributed by atoms with van der Waals surface area (Å²) in [7, 11) is 0. The molecule has 92 valence electrons. The van der Waals surface area contributed by atoms with E-state index in [1.54, 1.807) is 16.7 Å². The number of amides is 1. The van der Waals surface area contributed by atoms with Crippen LogP contribution in [0.15, 0.2) is 18.2 Å². The van der Waals surface area contributed by atoms with Crippen LogP contribution in [0.5, 0.6) is 0 Å². The highest BCUT2D eigenvalue weighted by Crippen LogP contribution is 2.21. The van der Waals surface area contributed by atoms with Crippen molar-refractivity contribution in [3.63, 3.8) is 0 Å². The van der Waals surface area contributed by atoms with Crippen LogP contribution in [0.25, 0.3) is 11.0 Å². The van der Waals surface area contributed by atoms with Crippen LogP contribution >= 0.6 is 0 Å². The maximum Gasteiger partial charge on any atom is 0.217 e. The van der Waals surface area contributed by atoms with Crippen molar-refractivity contribution in [2.45, 2.75) is 19.4 Å². The van der Waals surface area contributed by atoms with Crippen LogP contribution in [0, 0.1) is 11.3 Å². The minimum absolute atomic E-state index is 0.303. The van der Waals surface area contributed by atoms with Crippen LogP contribution in [0.1, 0.15) is 18.4 Å². The van der Waals surface area contributed by atoms with E-state index in [2.05, 4.69) is 11.1 Å². The molecule has 6 heteroatoms. The third-order valence-electron chi connectivity index (χ3n) is 2.73. The molecular weight excluding hydrogens is 230 g/mol. The standard InChI is InChI=1S/C12H13N5O/c13-7-8-3-1-4-9-11(8)16-12(15)17(9)6-2-5-10(14)18/h1,3-4H,2,5-6H2,(H2,14,18)(H2,15,16). The van der Waals surface area contributed by atoms with Gasteiger partial charge in [0.25, 0.3) is 0 Å². The number of aromatic nitrogens is 2. The summed E-state index contributed by atoms with van der Waals surface area (Å²) in [5.41, 5.74) is 12.8. The SMILES string of the molecule is N#Cc1cccc2c1nc(N)n2CCCC(N)=O. The Morgan fingerprint density at radius 2 is 2.28 bits per heavy atom. The lowest BCUT2D eigenvalue weighted by Crippen LogP contribution is -2.12. The highest BCUT2D eigenvalue weighted by molar-refractivity contribution is 5.84. The van der Waals surface area contributed by atoms with Crippen LogP contribution in [0.2, 0.25) is 0 Å². The summed E-state index contributed by atoms with van der Waals surface area (Å²) in [5, 5.41) is 8.98. The lowest BCUT2D eigenvalue weighted by Gasteiger charge is -2.05. The zero-order valence-electron chi connectivity index (χ0n) is 9.76. The molecular formula is C12H13N5O. The molecule has 0 unspecified atom stereocenters. The largest absolute Gasteiger partial charge is 0.370 e. The van der Waals surface area contributed by atoms with Crippen molar-refractivity contribution in [1.29, 1.82) is 5.26 Å². The summed E-state index contributed by atoms with van der Waals surface area (Å²) in [4.78, 5) is 14.9. The molecule has 2 aromatic rings. The number of hydrogen-bond acceptors (Lipinski definition) is 4. The third-order valence-corrected chi connectivity index (χ3v) is 2.73. The van der Waals surface area contributed by atoms with Crippen molar-refractivity contribution in [3.05, 3.63) is 23.8 Å². The Morgan fingerprint density at radius 1 is 1.50 bits per heavy atom. The number of benzene rings is 1. The van der Waals surface area contributed by atoms with Crippen LogP contribution < -0.4 is 11.5 Å². The fraction of sp³-hybridized carbons (Fsp3) is 0.250. The number of carbonyl (C=O) groups is 1. The van der Waals surface area contributed by atoms with Gasteiger partial charge in [-0.2, -0.15) is 5.26 Å². The van der Waals surface area contributed by atoms with Crippen molar-refractivity contribution in [3.8, 4) is 6.07 Å². The van der Waals surface area contributed by atoms with Gasteiger partial charge in [-0.1, -0.05) is 6.07 Å². The zero-order valence-corrected chi connectivity index (χ0v) is 9.76. The van der Waals surface area contributed by atoms with Gasteiger partial charge in [0.05, 0.1) is 11.1 Å². The van der Waals surface area contributed by atoms with E-state index in [1.807, 2.05) is 6.07 Å². The molecule has 0 spiro atoms. The van der Waals surface area contributed by atoms with Gasteiger partial charge >= 0.3 is 0 Å². The van der Waals surface area contributed by atoms with Gasteiger partial charge in [-0.3, -0.25) is 4.79 Å². The molecule has 0 atom stereocenters. The molecule has 0 aliphatic carbocycles. The van der Waals surface area contributed by atoms with Crippen molar-refractivity contribution < 1.29 is 4.79 Å². The van der Waals surface area contributed by atoms with Crippen LogP contribution in [-0.2, 0) is 11.3 Å². The molecule has 0 fully saturated rings. The number of nitrogen functional groups attached to an aromatic ring is 1. The number of aryl methyl sites for hydroxylation is 1. The second-order valence-corrected chi connectivity index (χ2v) is 3.98. The summed E-state index contributed by atoms with van der Waals surface area (Å²) < 4.78 is 1.79. The van der Waals surface area contributed by atoms with E-state index in [-0.39, 0.29) is 5.91 Å². The maximum atomic E-state index is 10.7. The van der Waals surface area contributed by atoms with Crippen LogP contribution in [-0.4, -0.2) is 15.5 Å². The topological polar surface area (TPSA) is 111 Å². The first-order valence-corrected chi connectivity index (χ1v) is 5.56. The lowest BCUT2D eigenvalue weighted by atomic mass is 10.2. The summed E-state index contributed by atoms with van der Waals surface area (Å²) in [6.07, 6.45) is 0.902. The maximum absolute atomic E-state index is 10.7. The predicted octanol–water partition coefficient (Wildman–Crippen LogP) is 0.756. The first-order chi connectivity index (χ1) is 8.63. The first kappa shape index (κ1) is 11.9. The van der Waals surface area contributed by atoms with Gasteiger partial charge in [0, 0.05) is 13.0 Å². The smallest absolute Gasteiger partial charge is 0.217 e. The number of carbonyl (C=O) groups excluding carboxylic acids is 1. The highest BCUT2D eigenvalue weighted by atomic mass is 16.1. The molecule has 2 rings (SSSR count). The van der Waals surface area contributed by atoms with E-state index in [4.69, 9.17) is 16.7 Å². The molecule has 0 aliphatic heterocycles. The average molecular weight is 243 g/mol. The van der Waals surface area contributed by atoms with Gasteiger partial charge in [0.1, 0.15) is 11.6 Å². The molecule has 0 aliphatic rings. The van der Waals surface area contributed by atoms with E-state index in [1.165, 1.54) is 0 Å². The molecule has 0 radical (unpaired) electrons. The van der Waals surface area contributed by atoms with Gasteiger partial charge in [-0.15, -0.1) is 0 Å². The van der Waals surface area contributed by atoms with Crippen molar-refractivity contribution in [2.24, 2.45) is 5.73 Å². The van der Waals surface area contributed by atoms with Crippen LogP contribution in [0.4, 0.5) is 5.95 Å². The Morgan fingerprint density at radius 3 is 2.94 bits per heavy atom. The van der Waals surface area contributed by atoms with Crippen molar-refractivity contribution in [2.75, 3.05) is 5.73 Å². The minimum Gasteiger partial charge on any atom is -0.370 e. The van der Waals surface area contributed by atoms with Gasteiger partial charge in [-0.05, 0) is 18.6 Å². The molecule has 4 N–H and O–H groups in total. The molecule has 1 heterocycles. The van der Waals surface area contributed by atoms with E-state index >= 15 is 0 Å². The lowest BCUT2D eigenvalue weighted by molar-refractivity contribution is -0.118. The van der Waals surface area contributed by atoms with Crippen LogP contribution in [0.3, 0.4) is 0 Å². The second kappa shape index (κ2) is 4.75. The summed E-state index contributed by atoms with van der Waals surface area (Å²) in [5.74, 6) is 0.00729. The molecule has 6 nitrogen and oxygen atoms in total. The van der Waals surface area contributed by atoms with Gasteiger partial charge in [0.2, 0.25) is 11.9 Å². The van der Waals surface area contributed by atoms with E-state index < -0.39 is 0 Å².